The summed E-state index contributed by atoms with van der Waals surface area (Å²) in [4.78, 5) is 2.34. The lowest BCUT2D eigenvalue weighted by Crippen LogP contribution is -2.16. The van der Waals surface area contributed by atoms with Crippen molar-refractivity contribution in [3.8, 4) is 33.4 Å². The topological polar surface area (TPSA) is 42.7 Å². The van der Waals surface area contributed by atoms with Crippen LogP contribution in [0, 0.1) is 0 Å². The molecule has 304 valence electrons. The highest BCUT2D eigenvalue weighted by Gasteiger charge is 2.37. The van der Waals surface area contributed by atoms with E-state index in [1.807, 2.05) is 12.1 Å². The maximum atomic E-state index is 7.25. The molecule has 0 saturated carbocycles. The fourth-order valence-electron chi connectivity index (χ4n) is 11.5. The van der Waals surface area contributed by atoms with Gasteiger partial charge >= 0.3 is 0 Å². The maximum Gasteiger partial charge on any atom is 0.159 e. The van der Waals surface area contributed by atoms with Crippen molar-refractivity contribution in [2.24, 2.45) is 0 Å². The van der Waals surface area contributed by atoms with Gasteiger partial charge in [-0.1, -0.05) is 143 Å². The molecule has 14 rings (SSSR count). The number of fused-ring (bicyclic) bond motifs is 15. The number of hydrogen-bond donors (Lipinski definition) is 0. The van der Waals surface area contributed by atoms with E-state index in [4.69, 9.17) is 13.3 Å². The molecule has 12 aromatic rings. The molecule has 9 aromatic carbocycles. The average molecular weight is 824 g/mol. The van der Waals surface area contributed by atoms with E-state index in [1.165, 1.54) is 44.5 Å². The van der Waals surface area contributed by atoms with Crippen LogP contribution in [0.5, 0.6) is 0 Å². The van der Waals surface area contributed by atoms with E-state index in [0.717, 1.165) is 94.0 Å². The molecule has 64 heavy (non-hydrogen) atoms. The first kappa shape index (κ1) is 35.7. The minimum Gasteiger partial charge on any atom is -0.456 e. The Kier molecular flexibility index (Phi) is 6.94. The van der Waals surface area contributed by atoms with E-state index < -0.39 is 0 Å². The van der Waals surface area contributed by atoms with Gasteiger partial charge in [0.1, 0.15) is 27.9 Å². The van der Waals surface area contributed by atoms with Gasteiger partial charge in [-0.3, -0.25) is 0 Å². The molecule has 4 heteroatoms. The van der Waals surface area contributed by atoms with Crippen LogP contribution in [0.3, 0.4) is 0 Å². The minimum absolute atomic E-state index is 0.155. The second-order valence-electron chi connectivity index (χ2n) is 18.8. The van der Waals surface area contributed by atoms with Crippen molar-refractivity contribution in [2.75, 3.05) is 4.90 Å². The lowest BCUT2D eigenvalue weighted by atomic mass is 9.81. The van der Waals surface area contributed by atoms with Crippen LogP contribution in [0.25, 0.3) is 99.2 Å². The Morgan fingerprint density at radius 2 is 0.922 bits per heavy atom. The zero-order valence-electron chi connectivity index (χ0n) is 35.9. The van der Waals surface area contributed by atoms with Gasteiger partial charge in [-0.15, -0.1) is 0 Å². The molecule has 0 aliphatic heterocycles. The maximum absolute atomic E-state index is 7.25. The zero-order valence-corrected chi connectivity index (χ0v) is 35.9. The van der Waals surface area contributed by atoms with Crippen molar-refractivity contribution in [2.45, 2.75) is 38.5 Å². The lowest BCUT2D eigenvalue weighted by Gasteiger charge is -2.28. The Morgan fingerprint density at radius 3 is 1.69 bits per heavy atom. The molecule has 2 aliphatic carbocycles. The van der Waals surface area contributed by atoms with Gasteiger partial charge in [-0.2, -0.15) is 0 Å². The van der Waals surface area contributed by atoms with Crippen LogP contribution in [0.1, 0.15) is 49.9 Å². The van der Waals surface area contributed by atoms with E-state index >= 15 is 0 Å². The van der Waals surface area contributed by atoms with Crippen LogP contribution in [-0.4, -0.2) is 0 Å². The van der Waals surface area contributed by atoms with E-state index in [1.54, 1.807) is 0 Å². The SMILES string of the molecule is CC1(C)c2ccccc2-c2ccc(-c3c4oc5cc(N(c6ccc7c(c6)C(C)(C)c6ccccc6-7)c6cccc7c6oc6ccccc67)ccc5c4cc4oc5ccccc5c34)cc21. The van der Waals surface area contributed by atoms with E-state index in [0.29, 0.717) is 0 Å². The predicted octanol–water partition coefficient (Wildman–Crippen LogP) is 17.1. The number of furan rings is 3. The van der Waals surface area contributed by atoms with E-state index in [9.17, 15) is 0 Å². The number of rotatable bonds is 4. The normalized spacial score (nSPS) is 14.5. The summed E-state index contributed by atoms with van der Waals surface area (Å²) >= 11 is 0. The third kappa shape index (κ3) is 4.67. The fraction of sp³-hybridized carbons (Fsp3) is 0.100. The summed E-state index contributed by atoms with van der Waals surface area (Å²) in [5, 5.41) is 6.37. The monoisotopic (exact) mass is 823 g/mol. The van der Waals surface area contributed by atoms with Crippen LogP contribution in [0.4, 0.5) is 17.1 Å². The molecule has 0 saturated heterocycles. The molecule has 0 atom stereocenters. The Balaban J connectivity index is 1.02. The van der Waals surface area contributed by atoms with Gasteiger partial charge in [0, 0.05) is 60.5 Å². The number of nitrogens with zero attached hydrogens (tertiary/aromatic N) is 1. The van der Waals surface area contributed by atoms with Crippen molar-refractivity contribution in [3.63, 3.8) is 0 Å². The summed E-state index contributed by atoms with van der Waals surface area (Å²) in [7, 11) is 0. The highest BCUT2D eigenvalue weighted by atomic mass is 16.3. The second kappa shape index (κ2) is 12.4. The number of para-hydroxylation sites is 3. The smallest absolute Gasteiger partial charge is 0.159 e. The van der Waals surface area contributed by atoms with Gasteiger partial charge in [0.15, 0.2) is 5.58 Å². The van der Waals surface area contributed by atoms with Crippen LogP contribution in [0.2, 0.25) is 0 Å². The Morgan fingerprint density at radius 1 is 0.359 bits per heavy atom. The molecule has 4 nitrogen and oxygen atoms in total. The molecule has 3 aromatic heterocycles. The Hall–Kier alpha value is -7.82. The Bertz CT molecular complexity index is 3980. The van der Waals surface area contributed by atoms with Gasteiger partial charge in [-0.05, 0) is 105 Å². The molecule has 0 N–H and O–H groups in total. The molecule has 3 heterocycles. The van der Waals surface area contributed by atoms with Gasteiger partial charge in [0.05, 0.1) is 11.4 Å². The average Bonchev–Trinajstić information content (AvgIpc) is 4.10. The van der Waals surface area contributed by atoms with E-state index in [2.05, 4.69) is 196 Å². The molecule has 0 bridgehead atoms. The molecule has 0 radical (unpaired) electrons. The summed E-state index contributed by atoms with van der Waals surface area (Å²) < 4.78 is 20.7. The van der Waals surface area contributed by atoms with Crippen molar-refractivity contribution in [1.29, 1.82) is 0 Å². The third-order valence-electron chi connectivity index (χ3n) is 14.7. The number of benzene rings is 9. The number of anilines is 3. The molecular weight excluding hydrogens is 783 g/mol. The van der Waals surface area contributed by atoms with Gasteiger partial charge < -0.3 is 18.2 Å². The van der Waals surface area contributed by atoms with Gasteiger partial charge in [0.2, 0.25) is 0 Å². The molecule has 0 amide bonds. The summed E-state index contributed by atoms with van der Waals surface area (Å²) in [6.45, 7) is 9.35. The third-order valence-corrected chi connectivity index (χ3v) is 14.7. The standard InChI is InChI=1S/C60H41NO3/c1-59(2)46-19-9-5-14-37(46)39-27-24-34(30-48(39)59)55-56-44-17-8-12-23-52(44)62-54(56)33-45-42-29-26-36(32-53(42)64-58(45)55)61(50-21-13-18-43-41-16-7-11-22-51(41)63-57(43)50)35-25-28-40-38-15-6-10-20-47(38)60(3,4)49(40)31-35/h5-33H,1-4H3. The van der Waals surface area contributed by atoms with Crippen molar-refractivity contribution in [3.05, 3.63) is 198 Å². The van der Waals surface area contributed by atoms with Crippen LogP contribution >= 0.6 is 0 Å². The first-order chi connectivity index (χ1) is 31.2. The first-order valence-electron chi connectivity index (χ1n) is 22.2. The quantitative estimate of drug-likeness (QED) is 0.177. The molecule has 0 unspecified atom stereocenters. The van der Waals surface area contributed by atoms with E-state index in [-0.39, 0.29) is 10.8 Å². The summed E-state index contributed by atoms with van der Waals surface area (Å²) in [6.07, 6.45) is 0. The molecule has 2 aliphatic rings. The minimum atomic E-state index is -0.172. The molecular formula is C60H41NO3. The lowest BCUT2D eigenvalue weighted by molar-refractivity contribution is 0.660. The first-order valence-corrected chi connectivity index (χ1v) is 22.2. The van der Waals surface area contributed by atoms with Crippen LogP contribution < -0.4 is 4.90 Å². The summed E-state index contributed by atoms with van der Waals surface area (Å²) in [5.41, 5.74) is 20.4. The predicted molar refractivity (Wildman–Crippen MR) is 264 cm³/mol. The fourth-order valence-corrected chi connectivity index (χ4v) is 11.5. The molecule has 0 fully saturated rings. The highest BCUT2D eigenvalue weighted by Crippen LogP contribution is 2.54. The van der Waals surface area contributed by atoms with Gasteiger partial charge in [0.25, 0.3) is 0 Å². The highest BCUT2D eigenvalue weighted by molar-refractivity contribution is 6.24. The largest absolute Gasteiger partial charge is 0.456 e. The van der Waals surface area contributed by atoms with Crippen molar-refractivity contribution in [1.82, 2.24) is 0 Å². The van der Waals surface area contributed by atoms with Crippen LogP contribution in [-0.2, 0) is 10.8 Å². The summed E-state index contributed by atoms with van der Waals surface area (Å²) in [6, 6.07) is 63.5. The van der Waals surface area contributed by atoms with Crippen molar-refractivity contribution < 1.29 is 13.3 Å². The van der Waals surface area contributed by atoms with Crippen LogP contribution in [0.15, 0.2) is 189 Å². The second-order valence-corrected chi connectivity index (χ2v) is 18.8. The number of hydrogen-bond acceptors (Lipinski definition) is 4. The Labute approximate surface area is 369 Å². The summed E-state index contributed by atoms with van der Waals surface area (Å²) in [5.74, 6) is 0. The molecule has 0 spiro atoms. The van der Waals surface area contributed by atoms with Gasteiger partial charge in [-0.25, -0.2) is 0 Å². The van der Waals surface area contributed by atoms with Crippen molar-refractivity contribution >= 4 is 82.9 Å². The zero-order chi connectivity index (χ0) is 42.6.